The van der Waals surface area contributed by atoms with E-state index in [1.165, 1.54) is 12.1 Å². The number of carbonyl (C=O) groups is 3. The summed E-state index contributed by atoms with van der Waals surface area (Å²) < 4.78 is 5.23. The number of ether oxygens (including phenoxy) is 1. The Morgan fingerprint density at radius 2 is 2.08 bits per heavy atom. The molecule has 0 aromatic heterocycles. The SMILES string of the molecule is CC(C)(C)CCC(NC(=O)c1ccc2c(c1)NC(=O)CO2)C(=O)O. The van der Waals surface area contributed by atoms with Crippen LogP contribution in [0, 0.1) is 5.41 Å². The number of amides is 2. The second-order valence-electron chi connectivity index (χ2n) is 7.01. The van der Waals surface area contributed by atoms with Gasteiger partial charge in [0.05, 0.1) is 5.69 Å². The minimum atomic E-state index is -1.07. The molecule has 0 saturated heterocycles. The van der Waals surface area contributed by atoms with E-state index in [-0.39, 0.29) is 23.5 Å². The van der Waals surface area contributed by atoms with Crippen molar-refractivity contribution in [3.05, 3.63) is 23.8 Å². The molecule has 3 N–H and O–H groups in total. The van der Waals surface area contributed by atoms with Gasteiger partial charge in [-0.1, -0.05) is 20.8 Å². The number of nitrogens with one attached hydrogen (secondary N) is 2. The molecule has 1 aliphatic heterocycles. The fourth-order valence-corrected chi connectivity index (χ4v) is 2.30. The van der Waals surface area contributed by atoms with Crippen molar-refractivity contribution in [1.82, 2.24) is 5.32 Å². The number of carboxylic acid groups (broad SMARTS) is 1. The average molecular weight is 334 g/mol. The summed E-state index contributed by atoms with van der Waals surface area (Å²) in [6.07, 6.45) is 1.01. The highest BCUT2D eigenvalue weighted by Crippen LogP contribution is 2.28. The van der Waals surface area contributed by atoms with Gasteiger partial charge in [0.2, 0.25) is 0 Å². The van der Waals surface area contributed by atoms with Gasteiger partial charge in [-0.2, -0.15) is 0 Å². The number of fused-ring (bicyclic) bond motifs is 1. The first-order valence-corrected chi connectivity index (χ1v) is 7.76. The Morgan fingerprint density at radius 1 is 1.38 bits per heavy atom. The van der Waals surface area contributed by atoms with E-state index >= 15 is 0 Å². The lowest BCUT2D eigenvalue weighted by Gasteiger charge is -2.22. The molecule has 2 rings (SSSR count). The first-order valence-electron chi connectivity index (χ1n) is 7.76. The molecule has 0 spiro atoms. The van der Waals surface area contributed by atoms with Crippen LogP contribution in [0.2, 0.25) is 0 Å². The third-order valence-electron chi connectivity index (χ3n) is 3.66. The normalized spacial score (nSPS) is 14.9. The summed E-state index contributed by atoms with van der Waals surface area (Å²) in [6.45, 7) is 5.98. The summed E-state index contributed by atoms with van der Waals surface area (Å²) in [5.74, 6) is -1.39. The van der Waals surface area contributed by atoms with Gasteiger partial charge in [-0.25, -0.2) is 4.79 Å². The van der Waals surface area contributed by atoms with Crippen molar-refractivity contribution in [1.29, 1.82) is 0 Å². The molecule has 130 valence electrons. The second kappa shape index (κ2) is 6.90. The standard InChI is InChI=1S/C17H22N2O5/c1-17(2,3)7-6-11(16(22)23)19-15(21)10-4-5-13-12(8-10)18-14(20)9-24-13/h4-5,8,11H,6-7,9H2,1-3H3,(H,18,20)(H,19,21)(H,22,23). The summed E-state index contributed by atoms with van der Waals surface area (Å²) in [5, 5.41) is 14.4. The molecule has 24 heavy (non-hydrogen) atoms. The quantitative estimate of drug-likeness (QED) is 0.764. The molecule has 1 aliphatic rings. The van der Waals surface area contributed by atoms with Crippen LogP contribution in [0.1, 0.15) is 44.0 Å². The number of rotatable bonds is 5. The predicted octanol–water partition coefficient (Wildman–Crippen LogP) is 2.03. The van der Waals surface area contributed by atoms with Crippen LogP contribution in [-0.2, 0) is 9.59 Å². The van der Waals surface area contributed by atoms with Crippen molar-refractivity contribution in [2.24, 2.45) is 5.41 Å². The highest BCUT2D eigenvalue weighted by molar-refractivity contribution is 6.00. The molecule has 7 heteroatoms. The van der Waals surface area contributed by atoms with Gasteiger partial charge in [0, 0.05) is 5.56 Å². The first-order chi connectivity index (χ1) is 11.2. The summed E-state index contributed by atoms with van der Waals surface area (Å²) >= 11 is 0. The molecule has 1 unspecified atom stereocenters. The first kappa shape index (κ1) is 17.8. The van der Waals surface area contributed by atoms with Crippen molar-refractivity contribution in [3.63, 3.8) is 0 Å². The Labute approximate surface area is 140 Å². The molecule has 7 nitrogen and oxygen atoms in total. The molecular weight excluding hydrogens is 312 g/mol. The monoisotopic (exact) mass is 334 g/mol. The van der Waals surface area contributed by atoms with E-state index in [2.05, 4.69) is 10.6 Å². The summed E-state index contributed by atoms with van der Waals surface area (Å²) in [7, 11) is 0. The Bertz CT molecular complexity index is 663. The van der Waals surface area contributed by atoms with Crippen LogP contribution in [0.3, 0.4) is 0 Å². The molecular formula is C17H22N2O5. The van der Waals surface area contributed by atoms with Gasteiger partial charge in [-0.3, -0.25) is 9.59 Å². The lowest BCUT2D eigenvalue weighted by Crippen LogP contribution is -2.41. The molecule has 2 amide bonds. The van der Waals surface area contributed by atoms with Gasteiger partial charge in [-0.15, -0.1) is 0 Å². The number of carbonyl (C=O) groups excluding carboxylic acids is 2. The van der Waals surface area contributed by atoms with Crippen LogP contribution in [0.25, 0.3) is 0 Å². The highest BCUT2D eigenvalue weighted by Gasteiger charge is 2.24. The van der Waals surface area contributed by atoms with Gasteiger partial charge in [0.15, 0.2) is 6.61 Å². The van der Waals surface area contributed by atoms with E-state index in [0.717, 1.165) is 0 Å². The number of hydrogen-bond donors (Lipinski definition) is 3. The second-order valence-corrected chi connectivity index (χ2v) is 7.01. The molecule has 1 aromatic carbocycles. The largest absolute Gasteiger partial charge is 0.482 e. The minimum absolute atomic E-state index is 0.0220. The van der Waals surface area contributed by atoms with Crippen LogP contribution < -0.4 is 15.4 Å². The zero-order valence-corrected chi connectivity index (χ0v) is 14.0. The fourth-order valence-electron chi connectivity index (χ4n) is 2.30. The number of hydrogen-bond acceptors (Lipinski definition) is 4. The Kier molecular flexibility index (Phi) is 5.11. The van der Waals surface area contributed by atoms with Gasteiger partial charge in [0.1, 0.15) is 11.8 Å². The van der Waals surface area contributed by atoms with Crippen LogP contribution in [0.4, 0.5) is 5.69 Å². The van der Waals surface area contributed by atoms with Gasteiger partial charge >= 0.3 is 5.97 Å². The number of carboxylic acids is 1. The zero-order valence-electron chi connectivity index (χ0n) is 14.0. The minimum Gasteiger partial charge on any atom is -0.482 e. The Balaban J connectivity index is 2.08. The maximum absolute atomic E-state index is 12.3. The average Bonchev–Trinajstić information content (AvgIpc) is 2.49. The lowest BCUT2D eigenvalue weighted by molar-refractivity contribution is -0.139. The lowest BCUT2D eigenvalue weighted by atomic mass is 9.88. The van der Waals surface area contributed by atoms with E-state index in [1.807, 2.05) is 20.8 Å². The number of aliphatic carboxylic acids is 1. The van der Waals surface area contributed by atoms with E-state index < -0.39 is 17.9 Å². The van der Waals surface area contributed by atoms with Crippen molar-refractivity contribution in [2.45, 2.75) is 39.7 Å². The molecule has 0 aliphatic carbocycles. The van der Waals surface area contributed by atoms with Crippen molar-refractivity contribution in [3.8, 4) is 5.75 Å². The third kappa shape index (κ3) is 4.71. The molecule has 0 saturated carbocycles. The van der Waals surface area contributed by atoms with E-state index in [1.54, 1.807) is 6.07 Å². The van der Waals surface area contributed by atoms with Gasteiger partial charge in [0.25, 0.3) is 11.8 Å². The number of anilines is 1. The predicted molar refractivity (Wildman–Crippen MR) is 88.1 cm³/mol. The van der Waals surface area contributed by atoms with Crippen molar-refractivity contribution >= 4 is 23.5 Å². The summed E-state index contributed by atoms with van der Waals surface area (Å²) in [4.78, 5) is 35.0. The van der Waals surface area contributed by atoms with E-state index in [0.29, 0.717) is 24.3 Å². The zero-order chi connectivity index (χ0) is 17.9. The van der Waals surface area contributed by atoms with Crippen LogP contribution in [0.15, 0.2) is 18.2 Å². The Morgan fingerprint density at radius 3 is 2.71 bits per heavy atom. The molecule has 0 bridgehead atoms. The van der Waals surface area contributed by atoms with Crippen LogP contribution >= 0.6 is 0 Å². The van der Waals surface area contributed by atoms with E-state index in [4.69, 9.17) is 4.74 Å². The molecule has 0 fully saturated rings. The molecule has 1 aromatic rings. The van der Waals surface area contributed by atoms with Crippen molar-refractivity contribution in [2.75, 3.05) is 11.9 Å². The molecule has 1 atom stereocenters. The van der Waals surface area contributed by atoms with Gasteiger partial charge < -0.3 is 20.5 Å². The third-order valence-corrected chi connectivity index (χ3v) is 3.66. The Hall–Kier alpha value is -2.57. The number of benzene rings is 1. The topological polar surface area (TPSA) is 105 Å². The maximum Gasteiger partial charge on any atom is 0.326 e. The van der Waals surface area contributed by atoms with Crippen LogP contribution in [-0.4, -0.2) is 35.5 Å². The summed E-state index contributed by atoms with van der Waals surface area (Å²) in [6, 6.07) is 3.63. The fraction of sp³-hybridized carbons (Fsp3) is 0.471. The van der Waals surface area contributed by atoms with E-state index in [9.17, 15) is 19.5 Å². The summed E-state index contributed by atoms with van der Waals surface area (Å²) in [5.41, 5.74) is 0.647. The van der Waals surface area contributed by atoms with Crippen LogP contribution in [0.5, 0.6) is 5.75 Å². The maximum atomic E-state index is 12.3. The highest BCUT2D eigenvalue weighted by atomic mass is 16.5. The van der Waals surface area contributed by atoms with Gasteiger partial charge in [-0.05, 0) is 36.5 Å². The molecule has 0 radical (unpaired) electrons. The van der Waals surface area contributed by atoms with Crippen molar-refractivity contribution < 1.29 is 24.2 Å². The molecule has 1 heterocycles. The smallest absolute Gasteiger partial charge is 0.326 e.